The van der Waals surface area contributed by atoms with E-state index in [1.807, 2.05) is 42.5 Å². The summed E-state index contributed by atoms with van der Waals surface area (Å²) in [7, 11) is 0. The Hall–Kier alpha value is -3.83. The van der Waals surface area contributed by atoms with Gasteiger partial charge in [-0.15, -0.1) is 0 Å². The zero-order valence-electron chi connectivity index (χ0n) is 17.5. The number of benzene rings is 3. The lowest BCUT2D eigenvalue weighted by Gasteiger charge is -2.28. The van der Waals surface area contributed by atoms with E-state index in [4.69, 9.17) is 25.5 Å². The monoisotopic (exact) mass is 458 g/mol. The summed E-state index contributed by atoms with van der Waals surface area (Å²) in [5.41, 5.74) is 1.21. The molecule has 1 aliphatic rings. The summed E-state index contributed by atoms with van der Waals surface area (Å²) in [5, 5.41) is 1.03. The highest BCUT2D eigenvalue weighted by molar-refractivity contribution is 6.30. The lowest BCUT2D eigenvalue weighted by molar-refractivity contribution is -0.150. The summed E-state index contributed by atoms with van der Waals surface area (Å²) < 4.78 is 17.8. The first-order chi connectivity index (χ1) is 15.9. The molecule has 5 nitrogen and oxygen atoms in total. The zero-order valence-corrected chi connectivity index (χ0v) is 18.3. The van der Waals surface area contributed by atoms with Crippen molar-refractivity contribution in [2.45, 2.75) is 12.0 Å². The summed E-state index contributed by atoms with van der Waals surface area (Å²) in [4.78, 5) is 24.8. The van der Waals surface area contributed by atoms with E-state index in [0.717, 1.165) is 11.1 Å². The molecular weight excluding hydrogens is 440 g/mol. The molecule has 1 atom stereocenters. The Morgan fingerprint density at radius 1 is 0.970 bits per heavy atom. The molecule has 0 bridgehead atoms. The van der Waals surface area contributed by atoms with Crippen LogP contribution in [0.4, 0.5) is 0 Å². The van der Waals surface area contributed by atoms with Crippen molar-refractivity contribution in [3.63, 3.8) is 0 Å². The van der Waals surface area contributed by atoms with Crippen molar-refractivity contribution in [1.82, 2.24) is 0 Å². The lowest BCUT2D eigenvalue weighted by Crippen LogP contribution is -2.33. The number of hydrogen-bond acceptors (Lipinski definition) is 5. The van der Waals surface area contributed by atoms with Gasteiger partial charge in [-0.3, -0.25) is 4.79 Å². The largest absolute Gasteiger partial charge is 0.489 e. The van der Waals surface area contributed by atoms with E-state index < -0.39 is 11.6 Å². The van der Waals surface area contributed by atoms with Crippen molar-refractivity contribution in [3.8, 4) is 17.1 Å². The Morgan fingerprint density at radius 2 is 1.73 bits per heavy atom. The van der Waals surface area contributed by atoms with Crippen LogP contribution in [0, 0.1) is 0 Å². The molecule has 0 amide bonds. The van der Waals surface area contributed by atoms with Gasteiger partial charge in [0, 0.05) is 34.7 Å². The fourth-order valence-electron chi connectivity index (χ4n) is 3.95. The summed E-state index contributed by atoms with van der Waals surface area (Å²) in [6.07, 6.45) is 0.300. The third kappa shape index (κ3) is 4.03. The van der Waals surface area contributed by atoms with Gasteiger partial charge in [-0.05, 0) is 29.8 Å². The standard InChI is InChI=1S/C27H19ClO5/c1-17-15-27(33-26(17)30,19-7-9-20(28)10-8-19)16-31-21-11-12-22-23(29)14-24(32-25(22)13-21)18-5-3-2-4-6-18/h2-14H,1,15-16H2. The van der Waals surface area contributed by atoms with Gasteiger partial charge >= 0.3 is 5.97 Å². The van der Waals surface area contributed by atoms with Gasteiger partial charge in [0.2, 0.25) is 0 Å². The van der Waals surface area contributed by atoms with Gasteiger partial charge in [-0.25, -0.2) is 4.79 Å². The summed E-state index contributed by atoms with van der Waals surface area (Å²) in [6, 6.07) is 23.0. The summed E-state index contributed by atoms with van der Waals surface area (Å²) >= 11 is 6.03. The van der Waals surface area contributed by atoms with Gasteiger partial charge < -0.3 is 13.9 Å². The third-order valence-corrected chi connectivity index (χ3v) is 5.93. The molecule has 0 spiro atoms. The van der Waals surface area contributed by atoms with Gasteiger partial charge in [0.25, 0.3) is 0 Å². The number of carbonyl (C=O) groups is 1. The fraction of sp³-hybridized carbons (Fsp3) is 0.111. The molecule has 0 aliphatic carbocycles. The van der Waals surface area contributed by atoms with Gasteiger partial charge in [-0.1, -0.05) is 60.6 Å². The molecule has 1 unspecified atom stereocenters. The number of hydrogen-bond donors (Lipinski definition) is 0. The lowest BCUT2D eigenvalue weighted by atomic mass is 9.90. The van der Waals surface area contributed by atoms with Crippen LogP contribution in [0.25, 0.3) is 22.3 Å². The maximum absolute atomic E-state index is 12.6. The molecule has 0 N–H and O–H groups in total. The maximum Gasteiger partial charge on any atom is 0.334 e. The molecule has 1 aliphatic heterocycles. The summed E-state index contributed by atoms with van der Waals surface area (Å²) in [6.45, 7) is 3.87. The third-order valence-electron chi connectivity index (χ3n) is 5.68. The minimum atomic E-state index is -1.01. The number of esters is 1. The molecule has 164 valence electrons. The van der Waals surface area contributed by atoms with Crippen LogP contribution >= 0.6 is 11.6 Å². The Labute approximate surface area is 194 Å². The quantitative estimate of drug-likeness (QED) is 0.275. The first-order valence-electron chi connectivity index (χ1n) is 10.4. The highest BCUT2D eigenvalue weighted by Gasteiger charge is 2.45. The fourth-order valence-corrected chi connectivity index (χ4v) is 4.08. The summed E-state index contributed by atoms with van der Waals surface area (Å²) in [5.74, 6) is 0.507. The Bertz CT molecular complexity index is 1400. The van der Waals surface area contributed by atoms with Crippen LogP contribution in [0.5, 0.6) is 5.75 Å². The van der Waals surface area contributed by atoms with E-state index >= 15 is 0 Å². The van der Waals surface area contributed by atoms with Crippen LogP contribution in [0.1, 0.15) is 12.0 Å². The van der Waals surface area contributed by atoms with Crippen molar-refractivity contribution in [2.75, 3.05) is 6.61 Å². The predicted molar refractivity (Wildman–Crippen MR) is 126 cm³/mol. The van der Waals surface area contributed by atoms with E-state index in [1.54, 1.807) is 30.3 Å². The van der Waals surface area contributed by atoms with Crippen LogP contribution < -0.4 is 10.2 Å². The molecule has 1 saturated heterocycles. The second kappa shape index (κ2) is 8.26. The van der Waals surface area contributed by atoms with Crippen LogP contribution in [-0.4, -0.2) is 12.6 Å². The molecule has 0 saturated carbocycles. The van der Waals surface area contributed by atoms with E-state index in [1.165, 1.54) is 6.07 Å². The number of cyclic esters (lactones) is 1. The highest BCUT2D eigenvalue weighted by atomic mass is 35.5. The second-order valence-electron chi connectivity index (χ2n) is 7.96. The van der Waals surface area contributed by atoms with Gasteiger partial charge in [0.05, 0.1) is 5.39 Å². The molecule has 6 heteroatoms. The van der Waals surface area contributed by atoms with Crippen LogP contribution in [0.2, 0.25) is 5.02 Å². The van der Waals surface area contributed by atoms with Crippen molar-refractivity contribution in [2.24, 2.45) is 0 Å². The van der Waals surface area contributed by atoms with Crippen molar-refractivity contribution in [3.05, 3.63) is 112 Å². The first-order valence-corrected chi connectivity index (χ1v) is 10.7. The number of carbonyl (C=O) groups excluding carboxylic acids is 1. The molecule has 5 rings (SSSR count). The Balaban J connectivity index is 1.47. The van der Waals surface area contributed by atoms with E-state index in [2.05, 4.69) is 6.58 Å². The molecule has 1 aromatic heterocycles. The topological polar surface area (TPSA) is 65.7 Å². The smallest absolute Gasteiger partial charge is 0.334 e. The predicted octanol–water partition coefficient (Wildman–Crippen LogP) is 5.89. The molecular formula is C27H19ClO5. The maximum atomic E-state index is 12.6. The Kier molecular flexibility index (Phi) is 5.27. The number of rotatable bonds is 5. The minimum absolute atomic E-state index is 0.0630. The average Bonchev–Trinajstić information content (AvgIpc) is 3.12. The van der Waals surface area contributed by atoms with Gasteiger partial charge in [0.1, 0.15) is 23.7 Å². The second-order valence-corrected chi connectivity index (χ2v) is 8.40. The first kappa shape index (κ1) is 21.0. The zero-order chi connectivity index (χ0) is 23.0. The normalized spacial score (nSPS) is 17.8. The van der Waals surface area contributed by atoms with Crippen molar-refractivity contribution in [1.29, 1.82) is 0 Å². The number of ether oxygens (including phenoxy) is 2. The SMILES string of the molecule is C=C1CC(COc2ccc3c(=O)cc(-c4ccccc4)oc3c2)(c2ccc(Cl)cc2)OC1=O. The Morgan fingerprint density at radius 3 is 2.42 bits per heavy atom. The molecule has 4 aromatic rings. The van der Waals surface area contributed by atoms with Crippen LogP contribution in [0.15, 0.2) is 100 Å². The van der Waals surface area contributed by atoms with Crippen LogP contribution in [0.3, 0.4) is 0 Å². The van der Waals surface area contributed by atoms with Crippen molar-refractivity contribution < 1.29 is 18.7 Å². The molecule has 2 heterocycles. The molecule has 3 aromatic carbocycles. The van der Waals surface area contributed by atoms with E-state index in [-0.39, 0.29) is 12.0 Å². The molecule has 33 heavy (non-hydrogen) atoms. The molecule has 0 radical (unpaired) electrons. The van der Waals surface area contributed by atoms with E-state index in [0.29, 0.717) is 39.5 Å². The number of fused-ring (bicyclic) bond motifs is 1. The highest BCUT2D eigenvalue weighted by Crippen LogP contribution is 2.40. The van der Waals surface area contributed by atoms with Crippen molar-refractivity contribution >= 4 is 28.5 Å². The van der Waals surface area contributed by atoms with Crippen LogP contribution in [-0.2, 0) is 15.1 Å². The van der Waals surface area contributed by atoms with Gasteiger partial charge in [0.15, 0.2) is 11.0 Å². The minimum Gasteiger partial charge on any atom is -0.489 e. The van der Waals surface area contributed by atoms with Gasteiger partial charge in [-0.2, -0.15) is 0 Å². The molecule has 1 fully saturated rings. The van der Waals surface area contributed by atoms with E-state index in [9.17, 15) is 9.59 Å². The number of halogens is 1. The average molecular weight is 459 g/mol.